The van der Waals surface area contributed by atoms with Crippen molar-refractivity contribution in [2.24, 2.45) is 0 Å². The van der Waals surface area contributed by atoms with Crippen molar-refractivity contribution in [1.29, 1.82) is 0 Å². The minimum absolute atomic E-state index is 1.37. The van der Waals surface area contributed by atoms with Gasteiger partial charge >= 0.3 is 0 Å². The van der Waals surface area contributed by atoms with E-state index in [1.165, 1.54) is 146 Å². The SMILES string of the molecule is C(CCCC[N+]12CCN(CC1)CC2)CCCC[N+]12CCN(CC1)CC2. The molecule has 0 N–H and O–H groups in total. The number of unbranched alkanes of at least 4 members (excludes halogenated alkanes) is 6. The van der Waals surface area contributed by atoms with Crippen LogP contribution in [0.2, 0.25) is 0 Å². The number of quaternary nitrogens is 2. The van der Waals surface area contributed by atoms with Crippen molar-refractivity contribution in [3.8, 4) is 0 Å². The summed E-state index contributed by atoms with van der Waals surface area (Å²) in [6.07, 6.45) is 10.4. The highest BCUT2D eigenvalue weighted by Gasteiger charge is 2.38. The topological polar surface area (TPSA) is 6.48 Å². The molecule has 0 aromatic rings. The summed E-state index contributed by atoms with van der Waals surface area (Å²) in [5.41, 5.74) is 0. The van der Waals surface area contributed by atoms with Gasteiger partial charge in [-0.15, -0.1) is 0 Å². The molecule has 6 fully saturated rings. The molecule has 6 heterocycles. The fraction of sp³-hybridized carbons (Fsp3) is 1.00. The van der Waals surface area contributed by atoms with Gasteiger partial charge in [-0.25, -0.2) is 0 Å². The van der Waals surface area contributed by atoms with Gasteiger partial charge in [0.05, 0.1) is 52.4 Å². The standard InChI is InChI=1S/C21H42N4/c1(2-4-6-14-24-16-8-22(9-17-24)10-18-24)3-5-7-15-25-19-11-23(12-20-25)13-21-25/h1-21H2/q+2. The summed E-state index contributed by atoms with van der Waals surface area (Å²) >= 11 is 0. The normalized spacial score (nSPS) is 39.8. The van der Waals surface area contributed by atoms with Gasteiger partial charge in [-0.3, -0.25) is 9.80 Å². The lowest BCUT2D eigenvalue weighted by Crippen LogP contribution is -2.67. The lowest BCUT2D eigenvalue weighted by atomic mass is 10.1. The Morgan fingerprint density at radius 3 is 1.00 bits per heavy atom. The maximum Gasteiger partial charge on any atom is 0.0916 e. The van der Waals surface area contributed by atoms with Crippen LogP contribution in [0.5, 0.6) is 0 Å². The summed E-state index contributed by atoms with van der Waals surface area (Å²) in [5, 5.41) is 0. The van der Waals surface area contributed by atoms with E-state index >= 15 is 0 Å². The first-order valence-corrected chi connectivity index (χ1v) is 11.4. The Kier molecular flexibility index (Phi) is 6.01. The van der Waals surface area contributed by atoms with Crippen molar-refractivity contribution in [2.45, 2.75) is 44.9 Å². The van der Waals surface area contributed by atoms with Crippen LogP contribution >= 0.6 is 0 Å². The Balaban J connectivity index is 1.00. The molecular weight excluding hydrogens is 308 g/mol. The molecule has 0 aromatic heterocycles. The molecule has 4 bridgehead atoms. The van der Waals surface area contributed by atoms with Gasteiger partial charge in [0.2, 0.25) is 0 Å². The largest absolute Gasteiger partial charge is 0.320 e. The molecule has 6 aliphatic heterocycles. The number of rotatable bonds is 10. The van der Waals surface area contributed by atoms with E-state index in [2.05, 4.69) is 9.80 Å². The van der Waals surface area contributed by atoms with E-state index in [-0.39, 0.29) is 0 Å². The van der Waals surface area contributed by atoms with Crippen LogP contribution in [-0.2, 0) is 0 Å². The van der Waals surface area contributed by atoms with Crippen molar-refractivity contribution in [3.63, 3.8) is 0 Å². The highest BCUT2D eigenvalue weighted by molar-refractivity contribution is 4.71. The summed E-state index contributed by atoms with van der Waals surface area (Å²) in [5.74, 6) is 0. The number of piperazine rings is 6. The lowest BCUT2D eigenvalue weighted by Gasteiger charge is -2.50. The van der Waals surface area contributed by atoms with E-state index in [0.29, 0.717) is 0 Å². The van der Waals surface area contributed by atoms with E-state index in [9.17, 15) is 0 Å². The molecule has 0 spiro atoms. The minimum atomic E-state index is 1.37. The second kappa shape index (κ2) is 8.24. The van der Waals surface area contributed by atoms with E-state index in [1.54, 1.807) is 0 Å². The van der Waals surface area contributed by atoms with Gasteiger partial charge in [-0.05, 0) is 25.7 Å². The van der Waals surface area contributed by atoms with Crippen molar-refractivity contribution in [2.75, 3.05) is 91.6 Å². The molecule has 0 radical (unpaired) electrons. The quantitative estimate of drug-likeness (QED) is 0.439. The minimum Gasteiger partial charge on any atom is -0.320 e. The van der Waals surface area contributed by atoms with Crippen molar-refractivity contribution < 1.29 is 8.97 Å². The molecule has 0 saturated carbocycles. The summed E-state index contributed by atoms with van der Waals surface area (Å²) in [4.78, 5) is 5.32. The van der Waals surface area contributed by atoms with Gasteiger partial charge in [0.25, 0.3) is 0 Å². The molecule has 4 heteroatoms. The monoisotopic (exact) mass is 350 g/mol. The van der Waals surface area contributed by atoms with E-state index in [1.807, 2.05) is 0 Å². The van der Waals surface area contributed by atoms with Crippen LogP contribution in [0, 0.1) is 0 Å². The van der Waals surface area contributed by atoms with Crippen LogP contribution in [-0.4, -0.2) is 110 Å². The third kappa shape index (κ3) is 4.58. The van der Waals surface area contributed by atoms with Gasteiger partial charge in [0.15, 0.2) is 0 Å². The predicted molar refractivity (Wildman–Crippen MR) is 105 cm³/mol. The van der Waals surface area contributed by atoms with Gasteiger partial charge in [0.1, 0.15) is 0 Å². The van der Waals surface area contributed by atoms with E-state index in [0.717, 1.165) is 0 Å². The molecule has 0 amide bonds. The molecule has 6 rings (SSSR count). The highest BCUT2D eigenvalue weighted by Crippen LogP contribution is 2.22. The molecule has 25 heavy (non-hydrogen) atoms. The van der Waals surface area contributed by atoms with Crippen LogP contribution in [0.1, 0.15) is 44.9 Å². The number of hydrogen-bond donors (Lipinski definition) is 0. The van der Waals surface area contributed by atoms with Crippen molar-refractivity contribution in [3.05, 3.63) is 0 Å². The van der Waals surface area contributed by atoms with Crippen LogP contribution in [0.4, 0.5) is 0 Å². The second-order valence-electron chi connectivity index (χ2n) is 9.63. The molecular formula is C21H42N4+2. The van der Waals surface area contributed by atoms with Crippen LogP contribution in [0.3, 0.4) is 0 Å². The van der Waals surface area contributed by atoms with Crippen LogP contribution < -0.4 is 0 Å². The van der Waals surface area contributed by atoms with Gasteiger partial charge < -0.3 is 8.97 Å². The average molecular weight is 351 g/mol. The van der Waals surface area contributed by atoms with Crippen molar-refractivity contribution >= 4 is 0 Å². The Morgan fingerprint density at radius 1 is 0.400 bits per heavy atom. The van der Waals surface area contributed by atoms with E-state index in [4.69, 9.17) is 0 Å². The van der Waals surface area contributed by atoms with Gasteiger partial charge in [0, 0.05) is 39.3 Å². The molecule has 0 aromatic carbocycles. The molecule has 0 unspecified atom stereocenters. The molecule has 0 atom stereocenters. The number of fused-ring (bicyclic) bond motifs is 6. The average Bonchev–Trinajstić information content (AvgIpc) is 2.69. The summed E-state index contributed by atoms with van der Waals surface area (Å²) in [7, 11) is 0. The maximum atomic E-state index is 2.66. The first-order valence-electron chi connectivity index (χ1n) is 11.4. The third-order valence-electron chi connectivity index (χ3n) is 8.11. The fourth-order valence-corrected chi connectivity index (χ4v) is 5.91. The first kappa shape index (κ1) is 18.2. The Hall–Kier alpha value is -0.160. The highest BCUT2D eigenvalue weighted by atomic mass is 15.5. The number of nitrogens with zero attached hydrogens (tertiary/aromatic N) is 4. The van der Waals surface area contributed by atoms with Gasteiger partial charge in [-0.1, -0.05) is 19.3 Å². The third-order valence-corrected chi connectivity index (χ3v) is 8.11. The Morgan fingerprint density at radius 2 is 0.680 bits per heavy atom. The fourth-order valence-electron chi connectivity index (χ4n) is 5.91. The predicted octanol–water partition coefficient (Wildman–Crippen LogP) is 2.01. The summed E-state index contributed by atoms with van der Waals surface area (Å²) in [6, 6.07) is 0. The molecule has 0 aliphatic carbocycles. The smallest absolute Gasteiger partial charge is 0.0916 e. The molecule has 6 aliphatic rings. The summed E-state index contributed by atoms with van der Waals surface area (Å²) < 4.78 is 2.93. The zero-order valence-electron chi connectivity index (χ0n) is 16.6. The molecule has 6 saturated heterocycles. The lowest BCUT2D eigenvalue weighted by molar-refractivity contribution is -0.941. The van der Waals surface area contributed by atoms with Gasteiger partial charge in [-0.2, -0.15) is 0 Å². The molecule has 144 valence electrons. The number of hydrogen-bond acceptors (Lipinski definition) is 2. The zero-order chi connectivity index (χ0) is 17.0. The van der Waals surface area contributed by atoms with Crippen LogP contribution in [0.15, 0.2) is 0 Å². The maximum absolute atomic E-state index is 2.66. The van der Waals surface area contributed by atoms with Crippen molar-refractivity contribution in [1.82, 2.24) is 9.80 Å². The first-order chi connectivity index (χ1) is 12.3. The Labute approximate surface area is 155 Å². The van der Waals surface area contributed by atoms with E-state index < -0.39 is 0 Å². The molecule has 4 nitrogen and oxygen atoms in total. The second-order valence-corrected chi connectivity index (χ2v) is 9.63. The zero-order valence-corrected chi connectivity index (χ0v) is 16.6. The van der Waals surface area contributed by atoms with Crippen LogP contribution in [0.25, 0.3) is 0 Å². The Bertz CT molecular complexity index is 343. The summed E-state index contributed by atoms with van der Waals surface area (Å²) in [6.45, 7) is 19.8.